The Labute approximate surface area is 201 Å². The van der Waals surface area contributed by atoms with Crippen molar-refractivity contribution in [2.45, 2.75) is 124 Å². The molecule has 4 saturated carbocycles. The number of hydrogen-bond acceptors (Lipinski definition) is 3. The lowest BCUT2D eigenvalue weighted by atomic mass is 9.42. The van der Waals surface area contributed by atoms with E-state index in [1.165, 1.54) is 80.6 Å². The Morgan fingerprint density at radius 1 is 0.938 bits per heavy atom. The maximum absolute atomic E-state index is 4.49. The summed E-state index contributed by atoms with van der Waals surface area (Å²) in [6.45, 7) is 12.4. The van der Waals surface area contributed by atoms with Gasteiger partial charge in [-0.15, -0.1) is 21.5 Å². The zero-order chi connectivity index (χ0) is 22.5. The zero-order valence-electron chi connectivity index (χ0n) is 21.5. The van der Waals surface area contributed by atoms with E-state index in [0.29, 0.717) is 16.7 Å². The van der Waals surface area contributed by atoms with Crippen LogP contribution in [0.5, 0.6) is 0 Å². The maximum atomic E-state index is 4.49. The van der Waals surface area contributed by atoms with Crippen LogP contribution in [0.3, 0.4) is 0 Å². The predicted molar refractivity (Wildman–Crippen MR) is 136 cm³/mol. The van der Waals surface area contributed by atoms with Crippen LogP contribution in [0, 0.1) is 46.3 Å². The van der Waals surface area contributed by atoms with Crippen LogP contribution in [-0.2, 0) is 6.42 Å². The molecule has 1 heterocycles. The Hall–Kier alpha value is -0.440. The highest BCUT2D eigenvalue weighted by atomic mass is 32.1. The summed E-state index contributed by atoms with van der Waals surface area (Å²) in [7, 11) is 0. The molecule has 0 amide bonds. The number of aromatic nitrogens is 2. The highest BCUT2D eigenvalue weighted by molar-refractivity contribution is 7.11. The van der Waals surface area contributed by atoms with E-state index >= 15 is 0 Å². The number of fused-ring (bicyclic) bond motifs is 5. The van der Waals surface area contributed by atoms with Crippen LogP contribution in [0.1, 0.15) is 128 Å². The summed E-state index contributed by atoms with van der Waals surface area (Å²) in [5.41, 5.74) is 1.27. The van der Waals surface area contributed by atoms with E-state index in [-0.39, 0.29) is 0 Å². The van der Waals surface area contributed by atoms with Crippen molar-refractivity contribution in [2.24, 2.45) is 46.3 Å². The van der Waals surface area contributed by atoms with Crippen molar-refractivity contribution >= 4 is 11.3 Å². The summed E-state index contributed by atoms with van der Waals surface area (Å²) < 4.78 is 0. The largest absolute Gasteiger partial charge is 0.144 e. The van der Waals surface area contributed by atoms with Crippen LogP contribution in [-0.4, -0.2) is 10.2 Å². The third-order valence-corrected chi connectivity index (χ3v) is 12.7. The second-order valence-electron chi connectivity index (χ2n) is 13.0. The second-order valence-corrected chi connectivity index (χ2v) is 14.1. The first-order chi connectivity index (χ1) is 15.4. The van der Waals surface area contributed by atoms with Gasteiger partial charge in [-0.25, -0.2) is 0 Å². The molecule has 0 bridgehead atoms. The monoisotopic (exact) mass is 456 g/mol. The van der Waals surface area contributed by atoms with Gasteiger partial charge in [-0.05, 0) is 104 Å². The van der Waals surface area contributed by atoms with E-state index in [4.69, 9.17) is 0 Å². The predicted octanol–water partition coefficient (Wildman–Crippen LogP) is 8.67. The number of hydrogen-bond donors (Lipinski definition) is 0. The molecular formula is C29H48N2S. The summed E-state index contributed by atoms with van der Waals surface area (Å²) in [5, 5.41) is 11.4. The van der Waals surface area contributed by atoms with Gasteiger partial charge in [0.05, 0.1) is 0 Å². The Bertz CT molecular complexity index is 786. The summed E-state index contributed by atoms with van der Waals surface area (Å²) in [6.07, 6.45) is 19.0. The standard InChI is InChI=1S/C29H48N2S/c1-6-20-18-22-24-14-13-21(10-9-12-26-30-31-27(32-26)19(2)3)28(24,4)17-15-25(22)29(5)16-8-7-11-23(20)29/h19-25H,6-18H2,1-5H3/t20-,21?,22?,23?,24?,25-,28?,29?/m0/s1. The van der Waals surface area contributed by atoms with Crippen molar-refractivity contribution in [1.29, 1.82) is 0 Å². The molecule has 4 aliphatic carbocycles. The quantitative estimate of drug-likeness (QED) is 0.428. The molecule has 1 aromatic rings. The van der Waals surface area contributed by atoms with Gasteiger partial charge in [-0.2, -0.15) is 0 Å². The molecular weight excluding hydrogens is 408 g/mol. The van der Waals surface area contributed by atoms with Crippen molar-refractivity contribution in [1.82, 2.24) is 10.2 Å². The Morgan fingerprint density at radius 2 is 1.75 bits per heavy atom. The van der Waals surface area contributed by atoms with Crippen molar-refractivity contribution in [3.05, 3.63) is 10.0 Å². The summed E-state index contributed by atoms with van der Waals surface area (Å²) in [5.74, 6) is 6.57. The highest BCUT2D eigenvalue weighted by Gasteiger charge is 2.60. The Kier molecular flexibility index (Phi) is 6.53. The smallest absolute Gasteiger partial charge is 0.119 e. The summed E-state index contributed by atoms with van der Waals surface area (Å²) >= 11 is 1.85. The molecule has 5 rings (SSSR count). The van der Waals surface area contributed by atoms with Crippen LogP contribution in [0.4, 0.5) is 0 Å². The van der Waals surface area contributed by atoms with E-state index in [2.05, 4.69) is 44.8 Å². The molecule has 4 fully saturated rings. The van der Waals surface area contributed by atoms with Crippen molar-refractivity contribution in [3.8, 4) is 0 Å². The molecule has 0 radical (unpaired) electrons. The van der Waals surface area contributed by atoms with Crippen LogP contribution >= 0.6 is 11.3 Å². The molecule has 6 unspecified atom stereocenters. The average molecular weight is 457 g/mol. The first-order valence-electron chi connectivity index (χ1n) is 14.2. The minimum atomic E-state index is 0.513. The van der Waals surface area contributed by atoms with Gasteiger partial charge in [0.2, 0.25) is 0 Å². The van der Waals surface area contributed by atoms with Crippen molar-refractivity contribution in [3.63, 3.8) is 0 Å². The van der Waals surface area contributed by atoms with E-state index in [1.54, 1.807) is 6.42 Å². The fourth-order valence-electron chi connectivity index (χ4n) is 9.70. The van der Waals surface area contributed by atoms with Crippen LogP contribution < -0.4 is 0 Å². The fourth-order valence-corrected chi connectivity index (χ4v) is 10.6. The lowest BCUT2D eigenvalue weighted by Crippen LogP contribution is -2.55. The normalized spacial score (nSPS) is 43.7. The maximum Gasteiger partial charge on any atom is 0.119 e. The molecule has 0 saturated heterocycles. The number of aryl methyl sites for hydroxylation is 1. The topological polar surface area (TPSA) is 25.8 Å². The van der Waals surface area contributed by atoms with Gasteiger partial charge in [-0.1, -0.05) is 53.9 Å². The summed E-state index contributed by atoms with van der Waals surface area (Å²) in [6, 6.07) is 0. The van der Waals surface area contributed by atoms with Crippen LogP contribution in [0.15, 0.2) is 0 Å². The Balaban J connectivity index is 1.26. The van der Waals surface area contributed by atoms with E-state index < -0.39 is 0 Å². The van der Waals surface area contributed by atoms with Crippen LogP contribution in [0.2, 0.25) is 0 Å². The van der Waals surface area contributed by atoms with Gasteiger partial charge in [0.15, 0.2) is 0 Å². The van der Waals surface area contributed by atoms with Crippen molar-refractivity contribution in [2.75, 3.05) is 0 Å². The molecule has 180 valence electrons. The lowest BCUT2D eigenvalue weighted by molar-refractivity contribution is -0.135. The minimum Gasteiger partial charge on any atom is -0.144 e. The van der Waals surface area contributed by atoms with Gasteiger partial charge in [0, 0.05) is 12.3 Å². The Morgan fingerprint density at radius 3 is 2.50 bits per heavy atom. The summed E-state index contributed by atoms with van der Waals surface area (Å²) in [4.78, 5) is 0. The molecule has 0 aromatic carbocycles. The molecule has 3 heteroatoms. The third kappa shape index (κ3) is 3.81. The number of nitrogens with zero attached hydrogens (tertiary/aromatic N) is 2. The van der Waals surface area contributed by atoms with Gasteiger partial charge < -0.3 is 0 Å². The average Bonchev–Trinajstić information content (AvgIpc) is 3.38. The molecule has 4 aliphatic rings. The second kappa shape index (κ2) is 8.97. The molecule has 1 aromatic heterocycles. The van der Waals surface area contributed by atoms with Gasteiger partial charge in [-0.3, -0.25) is 0 Å². The van der Waals surface area contributed by atoms with E-state index in [9.17, 15) is 0 Å². The third-order valence-electron chi connectivity index (χ3n) is 11.4. The zero-order valence-corrected chi connectivity index (χ0v) is 22.4. The fraction of sp³-hybridized carbons (Fsp3) is 0.931. The molecule has 0 aliphatic heterocycles. The van der Waals surface area contributed by atoms with Crippen LogP contribution in [0.25, 0.3) is 0 Å². The lowest BCUT2D eigenvalue weighted by Gasteiger charge is -2.62. The first kappa shape index (κ1) is 23.3. The van der Waals surface area contributed by atoms with E-state index in [1.807, 2.05) is 11.3 Å². The van der Waals surface area contributed by atoms with Gasteiger partial charge in [0.25, 0.3) is 0 Å². The SMILES string of the molecule is CC[C@H]1CC2C3CCC(CCCc4nnc(C(C)C)s4)C3(C)CC[C@@H]2C2(C)CCCCC12. The number of rotatable bonds is 6. The molecule has 0 N–H and O–H groups in total. The van der Waals surface area contributed by atoms with Gasteiger partial charge >= 0.3 is 0 Å². The first-order valence-corrected chi connectivity index (χ1v) is 15.0. The molecule has 8 atom stereocenters. The highest BCUT2D eigenvalue weighted by Crippen LogP contribution is 2.69. The molecule has 2 nitrogen and oxygen atoms in total. The molecule has 0 spiro atoms. The van der Waals surface area contributed by atoms with E-state index in [0.717, 1.165) is 41.9 Å². The van der Waals surface area contributed by atoms with Crippen molar-refractivity contribution < 1.29 is 0 Å². The molecule has 32 heavy (non-hydrogen) atoms. The van der Waals surface area contributed by atoms with Gasteiger partial charge in [0.1, 0.15) is 10.0 Å². The minimum absolute atomic E-state index is 0.513.